The lowest BCUT2D eigenvalue weighted by Gasteiger charge is -2.63. The van der Waals surface area contributed by atoms with E-state index in [9.17, 15) is 35.4 Å². The number of hydrogen-bond acceptors (Lipinski definition) is 8. The van der Waals surface area contributed by atoms with E-state index in [4.69, 9.17) is 4.74 Å². The molecule has 4 fully saturated rings. The number of hydrogen-bond donors (Lipinski definition) is 6. The lowest BCUT2D eigenvalue weighted by atomic mass is 9.42. The molecule has 1 aliphatic heterocycles. The number of fused-ring (bicyclic) bond motifs is 4. The summed E-state index contributed by atoms with van der Waals surface area (Å²) in [6.07, 6.45) is 7.76. The van der Waals surface area contributed by atoms with Gasteiger partial charge in [-0.05, 0) is 122 Å². The van der Waals surface area contributed by atoms with Crippen molar-refractivity contribution < 1.29 is 40.2 Å². The fourth-order valence-electron chi connectivity index (χ4n) is 11.6. The number of phenols is 1. The average Bonchev–Trinajstić information content (AvgIpc) is 3.77. The third-order valence-electron chi connectivity index (χ3n) is 14.4. The minimum Gasteiger partial charge on any atom is -0.508 e. The molecule has 0 aromatic heterocycles. The normalized spacial score (nSPS) is 45.9. The summed E-state index contributed by atoms with van der Waals surface area (Å²) in [5, 5.41) is 68.1. The fraction of sp³-hybridized carbons (Fsp3) is 0.718. The maximum absolute atomic E-state index is 13.9. The predicted molar refractivity (Wildman–Crippen MR) is 176 cm³/mol. The molecule has 5 aliphatic carbocycles. The Hall–Kier alpha value is -2.07. The molecule has 1 aromatic carbocycles. The summed E-state index contributed by atoms with van der Waals surface area (Å²) >= 11 is 0. The van der Waals surface area contributed by atoms with Gasteiger partial charge in [0.2, 0.25) is 0 Å². The molecule has 8 heteroatoms. The third kappa shape index (κ3) is 4.79. The number of rotatable bonds is 8. The topological polar surface area (TPSA) is 151 Å². The molecule has 6 aliphatic rings. The number of phenolic OH excluding ortho intramolecular Hbond substituents is 1. The van der Waals surface area contributed by atoms with Crippen LogP contribution in [0.3, 0.4) is 0 Å². The van der Waals surface area contributed by atoms with E-state index in [2.05, 4.69) is 39.8 Å². The Labute approximate surface area is 278 Å². The van der Waals surface area contributed by atoms with Gasteiger partial charge in [-0.15, -0.1) is 0 Å². The van der Waals surface area contributed by atoms with Crippen LogP contribution in [-0.2, 0) is 22.4 Å². The van der Waals surface area contributed by atoms with Gasteiger partial charge in [-0.1, -0.05) is 45.9 Å². The van der Waals surface area contributed by atoms with E-state index < -0.39 is 40.2 Å². The quantitative estimate of drug-likeness (QED) is 0.183. The highest BCUT2D eigenvalue weighted by Gasteiger charge is 2.75. The molecule has 258 valence electrons. The second-order valence-corrected chi connectivity index (χ2v) is 16.7. The van der Waals surface area contributed by atoms with E-state index in [0.717, 1.165) is 16.7 Å². The minimum absolute atomic E-state index is 0.0218. The van der Waals surface area contributed by atoms with Gasteiger partial charge in [0.05, 0.1) is 23.9 Å². The molecule has 0 amide bonds. The molecular weight excluding hydrogens is 596 g/mol. The molecule has 3 saturated carbocycles. The monoisotopic (exact) mass is 650 g/mol. The van der Waals surface area contributed by atoms with Gasteiger partial charge in [-0.2, -0.15) is 0 Å². The van der Waals surface area contributed by atoms with Crippen LogP contribution in [-0.4, -0.2) is 78.6 Å². The number of epoxide rings is 1. The van der Waals surface area contributed by atoms with Crippen LogP contribution in [0.15, 0.2) is 42.0 Å². The van der Waals surface area contributed by atoms with Crippen LogP contribution in [0.1, 0.15) is 83.8 Å². The lowest BCUT2D eigenvalue weighted by molar-refractivity contribution is -0.182. The third-order valence-corrected chi connectivity index (χ3v) is 14.4. The zero-order chi connectivity index (χ0) is 33.7. The molecule has 0 unspecified atom stereocenters. The Morgan fingerprint density at radius 1 is 1.02 bits per heavy atom. The van der Waals surface area contributed by atoms with Crippen LogP contribution in [0.25, 0.3) is 0 Å². The van der Waals surface area contributed by atoms with Crippen molar-refractivity contribution in [3.63, 3.8) is 0 Å². The van der Waals surface area contributed by atoms with Gasteiger partial charge in [-0.3, -0.25) is 4.79 Å². The van der Waals surface area contributed by atoms with Crippen LogP contribution in [0.2, 0.25) is 0 Å². The summed E-state index contributed by atoms with van der Waals surface area (Å²) in [7, 11) is 0. The van der Waals surface area contributed by atoms with Crippen molar-refractivity contribution >= 4 is 5.78 Å². The van der Waals surface area contributed by atoms with E-state index in [1.807, 2.05) is 6.07 Å². The molecular formula is C39H54O8. The average molecular weight is 651 g/mol. The first-order valence-electron chi connectivity index (χ1n) is 18.0. The standard InChI is InChI=1S/C39H54O8/c1-21(2)22(3)34-35(47-34)38(45)12-5-6-25-17-27-28(18-30(42)29-19-31(43)32(44)20-36(27,29)4)39(46)14-10-33(38)37(25,39)13-9-24-16-26(41)8-7-23(24)11-15-40/h5-8,16,18,21-22,25,27,29,31-35,40-41,43-46H,9-15,17,19-20H2,1-4H3/t22-,25-,27+,29+,31-,32+,33+,34+,35-,36-,37-,38-,39-/m1/s1. The summed E-state index contributed by atoms with van der Waals surface area (Å²) < 4.78 is 6.36. The van der Waals surface area contributed by atoms with E-state index in [-0.39, 0.29) is 66.9 Å². The highest BCUT2D eigenvalue weighted by molar-refractivity contribution is 5.95. The largest absolute Gasteiger partial charge is 0.508 e. The molecule has 0 bridgehead atoms. The molecule has 7 rings (SSSR count). The van der Waals surface area contributed by atoms with Gasteiger partial charge in [0, 0.05) is 23.9 Å². The van der Waals surface area contributed by atoms with Gasteiger partial charge in [0.15, 0.2) is 5.78 Å². The Kier molecular flexibility index (Phi) is 8.17. The lowest BCUT2D eigenvalue weighted by Crippen LogP contribution is -2.66. The SMILES string of the molecule is CC(C)[C@@H](C)[C@@H]1O[C@H]1[C@@]1(O)CC=C[C@@H]2C[C@H]3C(=CC(=O)[C@@H]4C[C@@H](O)[C@@H](O)C[C@@]43C)[C@]3(O)CC[C@H]1[C@@]23CCc1cc(O)ccc1CCO. The summed E-state index contributed by atoms with van der Waals surface area (Å²) in [5.74, 6) is -0.325. The van der Waals surface area contributed by atoms with Gasteiger partial charge in [-0.25, -0.2) is 0 Å². The highest BCUT2D eigenvalue weighted by Crippen LogP contribution is 2.73. The molecule has 6 N–H and O–H groups in total. The van der Waals surface area contributed by atoms with Crippen molar-refractivity contribution in [3.05, 3.63) is 53.1 Å². The Bertz CT molecular complexity index is 1470. The number of ketones is 1. The number of allylic oxidation sites excluding steroid dienone is 2. The minimum atomic E-state index is -1.39. The summed E-state index contributed by atoms with van der Waals surface area (Å²) in [4.78, 5) is 13.9. The predicted octanol–water partition coefficient (Wildman–Crippen LogP) is 4.02. The first-order chi connectivity index (χ1) is 22.2. The fourth-order valence-corrected chi connectivity index (χ4v) is 11.6. The number of aryl methyl sites for hydroxylation is 1. The molecule has 1 aromatic rings. The van der Waals surface area contributed by atoms with Crippen molar-refractivity contribution in [2.45, 2.75) is 121 Å². The van der Waals surface area contributed by atoms with E-state index in [1.165, 1.54) is 0 Å². The number of carbonyl (C=O) groups excluding carboxylic acids is 1. The Balaban J connectivity index is 1.36. The highest BCUT2D eigenvalue weighted by atomic mass is 16.6. The van der Waals surface area contributed by atoms with Gasteiger partial charge in [0.25, 0.3) is 0 Å². The van der Waals surface area contributed by atoms with E-state index in [0.29, 0.717) is 50.9 Å². The van der Waals surface area contributed by atoms with Gasteiger partial charge >= 0.3 is 0 Å². The zero-order valence-corrected chi connectivity index (χ0v) is 28.3. The Morgan fingerprint density at radius 3 is 2.51 bits per heavy atom. The zero-order valence-electron chi connectivity index (χ0n) is 28.3. The van der Waals surface area contributed by atoms with Crippen molar-refractivity contribution in [3.8, 4) is 5.75 Å². The summed E-state index contributed by atoms with van der Waals surface area (Å²) in [5.41, 5.74) is -1.45. The maximum atomic E-state index is 13.9. The molecule has 0 spiro atoms. The van der Waals surface area contributed by atoms with Crippen LogP contribution in [0, 0.1) is 46.3 Å². The van der Waals surface area contributed by atoms with Crippen molar-refractivity contribution in [1.82, 2.24) is 0 Å². The molecule has 13 atom stereocenters. The van der Waals surface area contributed by atoms with Gasteiger partial charge < -0.3 is 35.4 Å². The van der Waals surface area contributed by atoms with Crippen LogP contribution in [0.5, 0.6) is 5.75 Å². The number of aliphatic hydroxyl groups excluding tert-OH is 3. The van der Waals surface area contributed by atoms with Gasteiger partial charge in [0.1, 0.15) is 17.5 Å². The van der Waals surface area contributed by atoms with E-state index >= 15 is 0 Å². The van der Waals surface area contributed by atoms with Crippen LogP contribution < -0.4 is 0 Å². The molecule has 0 radical (unpaired) electrons. The number of aromatic hydroxyl groups is 1. The summed E-state index contributed by atoms with van der Waals surface area (Å²) in [6, 6.07) is 5.24. The second-order valence-electron chi connectivity index (χ2n) is 16.7. The first-order valence-corrected chi connectivity index (χ1v) is 18.0. The Morgan fingerprint density at radius 2 is 1.79 bits per heavy atom. The van der Waals surface area contributed by atoms with Crippen molar-refractivity contribution in [2.75, 3.05) is 6.61 Å². The van der Waals surface area contributed by atoms with Crippen molar-refractivity contribution in [1.29, 1.82) is 0 Å². The summed E-state index contributed by atoms with van der Waals surface area (Å²) in [6.45, 7) is 8.57. The van der Waals surface area contributed by atoms with Crippen LogP contribution >= 0.6 is 0 Å². The van der Waals surface area contributed by atoms with Crippen molar-refractivity contribution in [2.24, 2.45) is 46.3 Å². The number of ether oxygens (including phenoxy) is 1. The molecule has 1 heterocycles. The number of carbonyl (C=O) groups is 1. The smallest absolute Gasteiger partial charge is 0.159 e. The molecule has 47 heavy (non-hydrogen) atoms. The van der Waals surface area contributed by atoms with Crippen LogP contribution in [0.4, 0.5) is 0 Å². The number of aliphatic hydroxyl groups is 5. The molecule has 8 nitrogen and oxygen atoms in total. The molecule has 1 saturated heterocycles. The first kappa shape index (κ1) is 33.4. The second kappa shape index (κ2) is 11.5. The van der Waals surface area contributed by atoms with E-state index in [1.54, 1.807) is 18.2 Å². The maximum Gasteiger partial charge on any atom is 0.159 e. The number of benzene rings is 1.